The minimum atomic E-state index is -3.18. The lowest BCUT2D eigenvalue weighted by Crippen LogP contribution is -2.44. The molecular weight excluding hydrogens is 268 g/mol. The summed E-state index contributed by atoms with van der Waals surface area (Å²) in [5.41, 5.74) is -1.88. The molecule has 5 heteroatoms. The van der Waals surface area contributed by atoms with Gasteiger partial charge in [-0.1, -0.05) is 6.92 Å². The van der Waals surface area contributed by atoms with Gasteiger partial charge in [0.25, 0.3) is 0 Å². The Bertz CT molecular complexity index is 210. The number of alkyl halides is 3. The third kappa shape index (κ3) is 3.36. The minimum absolute atomic E-state index is 0.130. The van der Waals surface area contributed by atoms with Gasteiger partial charge in [0.05, 0.1) is 0 Å². The van der Waals surface area contributed by atoms with E-state index in [4.69, 9.17) is 0 Å². The Kier molecular flexibility index (Phi) is 4.50. The lowest BCUT2D eigenvalue weighted by atomic mass is 9.95. The van der Waals surface area contributed by atoms with Gasteiger partial charge in [0.2, 0.25) is 0 Å². The lowest BCUT2D eigenvalue weighted by Gasteiger charge is -2.31. The van der Waals surface area contributed by atoms with E-state index >= 15 is 0 Å². The molecular formula is C10H18BrF2NO. The van der Waals surface area contributed by atoms with Crippen LogP contribution in [-0.2, 0) is 0 Å². The monoisotopic (exact) mass is 285 g/mol. The molecule has 15 heavy (non-hydrogen) atoms. The van der Waals surface area contributed by atoms with Crippen LogP contribution in [0.4, 0.5) is 8.78 Å². The topological polar surface area (TPSA) is 23.5 Å². The Balaban J connectivity index is 2.59. The zero-order valence-corrected chi connectivity index (χ0v) is 10.6. The molecule has 1 fully saturated rings. The fraction of sp³-hybridized carbons (Fsp3) is 1.00. The third-order valence-electron chi connectivity index (χ3n) is 2.97. The summed E-state index contributed by atoms with van der Waals surface area (Å²) in [5.74, 6) is 0. The van der Waals surface area contributed by atoms with E-state index in [-0.39, 0.29) is 12.8 Å². The maximum Gasteiger partial charge on any atom is 0.329 e. The van der Waals surface area contributed by atoms with Crippen LogP contribution in [0.5, 0.6) is 0 Å². The van der Waals surface area contributed by atoms with Crippen LogP contribution in [0.15, 0.2) is 0 Å². The van der Waals surface area contributed by atoms with Crippen LogP contribution in [0.3, 0.4) is 0 Å². The van der Waals surface area contributed by atoms with Gasteiger partial charge in [-0.3, -0.25) is 0 Å². The Labute approximate surface area is 97.8 Å². The Morgan fingerprint density at radius 3 is 2.60 bits per heavy atom. The van der Waals surface area contributed by atoms with Gasteiger partial charge in [-0.25, -0.2) is 0 Å². The number of rotatable bonds is 3. The van der Waals surface area contributed by atoms with Crippen LogP contribution >= 0.6 is 15.9 Å². The second kappa shape index (κ2) is 5.06. The first-order chi connectivity index (χ1) is 6.89. The zero-order valence-electron chi connectivity index (χ0n) is 8.98. The maximum atomic E-state index is 13.1. The van der Waals surface area contributed by atoms with Gasteiger partial charge in [-0.05, 0) is 54.7 Å². The molecule has 0 spiro atoms. The second-order valence-corrected chi connectivity index (χ2v) is 5.22. The summed E-state index contributed by atoms with van der Waals surface area (Å²) in [5, 5.41) is 9.85. The molecule has 1 aliphatic heterocycles. The zero-order chi connectivity index (χ0) is 11.5. The molecule has 0 aromatic carbocycles. The van der Waals surface area contributed by atoms with Crippen molar-refractivity contribution in [1.82, 2.24) is 4.90 Å². The summed E-state index contributed by atoms with van der Waals surface area (Å²) in [6.07, 6.45) is 1.93. The Morgan fingerprint density at radius 1 is 1.40 bits per heavy atom. The van der Waals surface area contributed by atoms with Gasteiger partial charge < -0.3 is 10.0 Å². The summed E-state index contributed by atoms with van der Waals surface area (Å²) >= 11 is 2.29. The predicted molar refractivity (Wildman–Crippen MR) is 59.4 cm³/mol. The predicted octanol–water partition coefficient (Wildman–Crippen LogP) is 2.60. The molecule has 0 bridgehead atoms. The van der Waals surface area contributed by atoms with Crippen LogP contribution < -0.4 is 0 Å². The molecule has 0 aromatic rings. The van der Waals surface area contributed by atoms with Crippen molar-refractivity contribution in [2.24, 2.45) is 0 Å². The highest BCUT2D eigenvalue weighted by molar-refractivity contribution is 9.10. The van der Waals surface area contributed by atoms with Crippen molar-refractivity contribution in [3.05, 3.63) is 0 Å². The first-order valence-corrected chi connectivity index (χ1v) is 6.20. The third-order valence-corrected chi connectivity index (χ3v) is 3.71. The number of nitrogens with zero attached hydrogens (tertiary/aromatic N) is 1. The average Bonchev–Trinajstić information content (AvgIpc) is 2.29. The average molecular weight is 286 g/mol. The molecule has 1 N–H and O–H groups in total. The first kappa shape index (κ1) is 13.3. The van der Waals surface area contributed by atoms with Crippen molar-refractivity contribution in [2.45, 2.75) is 43.0 Å². The Morgan fingerprint density at radius 2 is 2.07 bits per heavy atom. The van der Waals surface area contributed by atoms with Gasteiger partial charge in [-0.2, -0.15) is 8.78 Å². The lowest BCUT2D eigenvalue weighted by molar-refractivity contribution is -0.122. The summed E-state index contributed by atoms with van der Waals surface area (Å²) in [7, 11) is 0. The molecule has 0 radical (unpaired) electrons. The van der Waals surface area contributed by atoms with Crippen molar-refractivity contribution < 1.29 is 13.9 Å². The molecule has 1 atom stereocenters. The quantitative estimate of drug-likeness (QED) is 0.806. The van der Waals surface area contributed by atoms with Crippen LogP contribution in [0.25, 0.3) is 0 Å². The molecule has 1 aliphatic rings. The number of hydrogen-bond donors (Lipinski definition) is 1. The molecule has 1 heterocycles. The van der Waals surface area contributed by atoms with Crippen molar-refractivity contribution in [2.75, 3.05) is 19.6 Å². The highest BCUT2D eigenvalue weighted by atomic mass is 79.9. The number of aliphatic hydroxyl groups is 1. The van der Waals surface area contributed by atoms with E-state index in [2.05, 4.69) is 27.8 Å². The van der Waals surface area contributed by atoms with Crippen molar-refractivity contribution >= 4 is 15.9 Å². The summed E-state index contributed by atoms with van der Waals surface area (Å²) in [6.45, 7) is 4.34. The smallest absolute Gasteiger partial charge is 0.329 e. The summed E-state index contributed by atoms with van der Waals surface area (Å²) in [6, 6.07) is 0. The molecule has 1 unspecified atom stereocenters. The summed E-state index contributed by atoms with van der Waals surface area (Å²) < 4.78 is 26.3. The van der Waals surface area contributed by atoms with Crippen molar-refractivity contribution in [3.63, 3.8) is 0 Å². The van der Waals surface area contributed by atoms with E-state index in [0.717, 1.165) is 19.5 Å². The van der Waals surface area contributed by atoms with E-state index < -0.39 is 10.4 Å². The van der Waals surface area contributed by atoms with Gasteiger partial charge in [-0.15, -0.1) is 0 Å². The van der Waals surface area contributed by atoms with Crippen LogP contribution in [0.1, 0.15) is 32.6 Å². The van der Waals surface area contributed by atoms with E-state index in [1.165, 1.54) is 0 Å². The molecule has 2 nitrogen and oxygen atoms in total. The highest BCUT2D eigenvalue weighted by Crippen LogP contribution is 2.41. The molecule has 0 aromatic heterocycles. The first-order valence-electron chi connectivity index (χ1n) is 5.40. The normalized spacial score (nSPS) is 30.2. The number of halogens is 3. The number of hydrogen-bond acceptors (Lipinski definition) is 2. The van der Waals surface area contributed by atoms with Gasteiger partial charge in [0.1, 0.15) is 5.60 Å². The molecule has 1 rings (SSSR count). The summed E-state index contributed by atoms with van der Waals surface area (Å²) in [4.78, 5) is -1.04. The maximum absolute atomic E-state index is 13.1. The van der Waals surface area contributed by atoms with E-state index in [1.54, 1.807) is 0 Å². The molecule has 90 valence electrons. The van der Waals surface area contributed by atoms with E-state index in [1.807, 2.05) is 0 Å². The molecule has 0 amide bonds. The molecule has 0 aliphatic carbocycles. The fourth-order valence-electron chi connectivity index (χ4n) is 2.00. The standard InChI is InChI=1S/C10H18BrF2NO/c1-2-6-14-7-3-4-9(15,5-8-14)10(11,12)13/h15H,2-8H2,1H3. The van der Waals surface area contributed by atoms with Crippen LogP contribution in [-0.4, -0.2) is 40.1 Å². The number of likely N-dealkylation sites (tertiary alicyclic amines) is 1. The largest absolute Gasteiger partial charge is 0.383 e. The van der Waals surface area contributed by atoms with Crippen molar-refractivity contribution in [3.8, 4) is 0 Å². The van der Waals surface area contributed by atoms with Crippen molar-refractivity contribution in [1.29, 1.82) is 0 Å². The minimum Gasteiger partial charge on any atom is -0.383 e. The van der Waals surface area contributed by atoms with Gasteiger partial charge in [0.15, 0.2) is 0 Å². The van der Waals surface area contributed by atoms with E-state index in [9.17, 15) is 13.9 Å². The molecule has 1 saturated heterocycles. The second-order valence-electron chi connectivity index (χ2n) is 4.22. The molecule has 0 saturated carbocycles. The fourth-order valence-corrected chi connectivity index (χ4v) is 2.39. The van der Waals surface area contributed by atoms with Crippen LogP contribution in [0, 0.1) is 0 Å². The van der Waals surface area contributed by atoms with Crippen LogP contribution in [0.2, 0.25) is 0 Å². The SMILES string of the molecule is CCCN1CCCC(O)(C(F)(F)Br)CC1. The Hall–Kier alpha value is 0.260. The van der Waals surface area contributed by atoms with Gasteiger partial charge in [0, 0.05) is 6.54 Å². The highest BCUT2D eigenvalue weighted by Gasteiger charge is 2.50. The van der Waals surface area contributed by atoms with Gasteiger partial charge >= 0.3 is 4.83 Å². The van der Waals surface area contributed by atoms with E-state index in [0.29, 0.717) is 13.0 Å².